The molecule has 0 saturated carbocycles. The molecule has 4 nitrogen and oxygen atoms in total. The van der Waals surface area contributed by atoms with Crippen LogP contribution < -0.4 is 16.0 Å². The Kier molecular flexibility index (Phi) is 5.01. The number of carbonyl (C=O) groups is 1. The maximum absolute atomic E-state index is 11.4. The number of hydrogen-bond donors (Lipinski definition) is 2. The van der Waals surface area contributed by atoms with Crippen LogP contribution in [0.15, 0.2) is 24.3 Å². The highest BCUT2D eigenvalue weighted by molar-refractivity contribution is 5.77. The van der Waals surface area contributed by atoms with E-state index in [0.717, 1.165) is 32.5 Å². The highest BCUT2D eigenvalue weighted by Crippen LogP contribution is 2.29. The predicted octanol–water partition coefficient (Wildman–Crippen LogP) is 2.06. The molecule has 110 valence electrons. The summed E-state index contributed by atoms with van der Waals surface area (Å²) in [5.74, 6) is -0.196. The van der Waals surface area contributed by atoms with Crippen LogP contribution in [0.1, 0.15) is 38.3 Å². The molecule has 1 aromatic carbocycles. The van der Waals surface area contributed by atoms with Gasteiger partial charge in [0.2, 0.25) is 5.91 Å². The van der Waals surface area contributed by atoms with Crippen LogP contribution in [0.2, 0.25) is 0 Å². The van der Waals surface area contributed by atoms with Gasteiger partial charge in [-0.1, -0.05) is 25.1 Å². The lowest BCUT2D eigenvalue weighted by molar-refractivity contribution is -0.122. The van der Waals surface area contributed by atoms with Crippen molar-refractivity contribution >= 4 is 11.6 Å². The predicted molar refractivity (Wildman–Crippen MR) is 82.7 cm³/mol. The molecule has 2 rings (SSSR count). The Labute approximate surface area is 121 Å². The van der Waals surface area contributed by atoms with Gasteiger partial charge >= 0.3 is 0 Å². The SMILES string of the molecule is CCNC(C)c1ccccc1N1CCCC(C(N)=O)C1. The van der Waals surface area contributed by atoms with E-state index in [1.807, 2.05) is 0 Å². The van der Waals surface area contributed by atoms with Crippen molar-refractivity contribution in [3.63, 3.8) is 0 Å². The van der Waals surface area contributed by atoms with E-state index >= 15 is 0 Å². The van der Waals surface area contributed by atoms with Crippen LogP contribution in [0.4, 0.5) is 5.69 Å². The molecule has 0 bridgehead atoms. The second-order valence-corrected chi connectivity index (χ2v) is 5.53. The van der Waals surface area contributed by atoms with E-state index in [0.29, 0.717) is 6.04 Å². The summed E-state index contributed by atoms with van der Waals surface area (Å²) in [6, 6.07) is 8.75. The number of piperidine rings is 1. The molecule has 0 aromatic heterocycles. The van der Waals surface area contributed by atoms with Gasteiger partial charge < -0.3 is 16.0 Å². The molecule has 1 aromatic rings. The van der Waals surface area contributed by atoms with Crippen LogP contribution in [0.25, 0.3) is 0 Å². The summed E-state index contributed by atoms with van der Waals surface area (Å²) in [6.07, 6.45) is 1.94. The van der Waals surface area contributed by atoms with Gasteiger partial charge in [-0.15, -0.1) is 0 Å². The fourth-order valence-corrected chi connectivity index (χ4v) is 2.99. The minimum absolute atomic E-state index is 0.0220. The van der Waals surface area contributed by atoms with Crippen molar-refractivity contribution in [3.05, 3.63) is 29.8 Å². The maximum Gasteiger partial charge on any atom is 0.222 e. The number of nitrogens with one attached hydrogen (secondary N) is 1. The van der Waals surface area contributed by atoms with Gasteiger partial charge in [0.15, 0.2) is 0 Å². The lowest BCUT2D eigenvalue weighted by atomic mass is 9.95. The zero-order valence-electron chi connectivity index (χ0n) is 12.4. The number of hydrogen-bond acceptors (Lipinski definition) is 3. The molecule has 1 aliphatic heterocycles. The molecule has 20 heavy (non-hydrogen) atoms. The molecule has 2 unspecified atom stereocenters. The summed E-state index contributed by atoms with van der Waals surface area (Å²) >= 11 is 0. The number of benzene rings is 1. The van der Waals surface area contributed by atoms with E-state index in [9.17, 15) is 4.79 Å². The first kappa shape index (κ1) is 14.9. The highest BCUT2D eigenvalue weighted by Gasteiger charge is 2.25. The molecule has 0 aliphatic carbocycles. The Morgan fingerprint density at radius 3 is 2.95 bits per heavy atom. The zero-order chi connectivity index (χ0) is 14.5. The van der Waals surface area contributed by atoms with Gasteiger partial charge in [0.05, 0.1) is 5.92 Å². The van der Waals surface area contributed by atoms with Crippen molar-refractivity contribution in [1.29, 1.82) is 0 Å². The third-order valence-corrected chi connectivity index (χ3v) is 4.08. The molecule has 2 atom stereocenters. The molecule has 3 N–H and O–H groups in total. The highest BCUT2D eigenvalue weighted by atomic mass is 16.1. The largest absolute Gasteiger partial charge is 0.370 e. The van der Waals surface area contributed by atoms with Gasteiger partial charge in [0, 0.05) is 24.8 Å². The molecule has 1 heterocycles. The van der Waals surface area contributed by atoms with Gasteiger partial charge in [-0.05, 0) is 37.9 Å². The molecule has 1 fully saturated rings. The lowest BCUT2D eigenvalue weighted by Crippen LogP contribution is -2.41. The van der Waals surface area contributed by atoms with Crippen molar-refractivity contribution in [2.24, 2.45) is 11.7 Å². The summed E-state index contributed by atoms with van der Waals surface area (Å²) < 4.78 is 0. The fraction of sp³-hybridized carbons (Fsp3) is 0.562. The quantitative estimate of drug-likeness (QED) is 0.865. The van der Waals surface area contributed by atoms with Crippen LogP contribution in [0.5, 0.6) is 0 Å². The molecular formula is C16H25N3O. The van der Waals surface area contributed by atoms with E-state index in [2.05, 4.69) is 48.3 Å². The smallest absolute Gasteiger partial charge is 0.222 e. The molecule has 1 amide bonds. The van der Waals surface area contributed by atoms with E-state index in [1.54, 1.807) is 0 Å². The third kappa shape index (κ3) is 3.31. The van der Waals surface area contributed by atoms with E-state index in [1.165, 1.54) is 11.3 Å². The molecule has 1 saturated heterocycles. The molecule has 4 heteroatoms. The normalized spacial score (nSPS) is 20.7. The van der Waals surface area contributed by atoms with Gasteiger partial charge in [-0.3, -0.25) is 4.79 Å². The monoisotopic (exact) mass is 275 g/mol. The van der Waals surface area contributed by atoms with Crippen molar-refractivity contribution in [3.8, 4) is 0 Å². The fourth-order valence-electron chi connectivity index (χ4n) is 2.99. The van der Waals surface area contributed by atoms with Crippen molar-refractivity contribution in [1.82, 2.24) is 5.32 Å². The number of rotatable bonds is 5. The van der Waals surface area contributed by atoms with Gasteiger partial charge in [-0.25, -0.2) is 0 Å². The number of para-hydroxylation sites is 1. The molecule has 0 radical (unpaired) electrons. The number of amides is 1. The Morgan fingerprint density at radius 1 is 1.50 bits per heavy atom. The number of carbonyl (C=O) groups excluding carboxylic acids is 1. The lowest BCUT2D eigenvalue weighted by Gasteiger charge is -2.35. The first-order chi connectivity index (χ1) is 9.63. The van der Waals surface area contributed by atoms with E-state index in [-0.39, 0.29) is 11.8 Å². The van der Waals surface area contributed by atoms with Crippen LogP contribution in [-0.2, 0) is 4.79 Å². The molecule has 1 aliphatic rings. The van der Waals surface area contributed by atoms with Crippen molar-refractivity contribution in [2.75, 3.05) is 24.5 Å². The summed E-state index contributed by atoms with van der Waals surface area (Å²) in [4.78, 5) is 13.7. The standard InChI is InChI=1S/C16H25N3O/c1-3-18-12(2)14-8-4-5-9-15(14)19-10-6-7-13(11-19)16(17)20/h4-5,8-9,12-13,18H,3,6-7,10-11H2,1-2H3,(H2,17,20). The number of primary amides is 1. The van der Waals surface area contributed by atoms with Crippen LogP contribution in [-0.4, -0.2) is 25.5 Å². The van der Waals surface area contributed by atoms with Gasteiger partial charge in [0.1, 0.15) is 0 Å². The summed E-state index contributed by atoms with van der Waals surface area (Å²) in [7, 11) is 0. The first-order valence-electron chi connectivity index (χ1n) is 7.50. The van der Waals surface area contributed by atoms with E-state index in [4.69, 9.17) is 5.73 Å². The van der Waals surface area contributed by atoms with Crippen LogP contribution >= 0.6 is 0 Å². The minimum atomic E-state index is -0.174. The Hall–Kier alpha value is -1.55. The van der Waals surface area contributed by atoms with Crippen LogP contribution in [0.3, 0.4) is 0 Å². The van der Waals surface area contributed by atoms with Gasteiger partial charge in [-0.2, -0.15) is 0 Å². The molecular weight excluding hydrogens is 250 g/mol. The average molecular weight is 275 g/mol. The number of anilines is 1. The first-order valence-corrected chi connectivity index (χ1v) is 7.50. The Bertz CT molecular complexity index is 461. The second kappa shape index (κ2) is 6.75. The number of nitrogens with two attached hydrogens (primary N) is 1. The Balaban J connectivity index is 2.21. The second-order valence-electron chi connectivity index (χ2n) is 5.53. The van der Waals surface area contributed by atoms with Gasteiger partial charge in [0.25, 0.3) is 0 Å². The summed E-state index contributed by atoms with van der Waals surface area (Å²) in [6.45, 7) is 6.98. The maximum atomic E-state index is 11.4. The van der Waals surface area contributed by atoms with Crippen molar-refractivity contribution < 1.29 is 4.79 Å². The summed E-state index contributed by atoms with van der Waals surface area (Å²) in [5, 5.41) is 3.46. The van der Waals surface area contributed by atoms with E-state index < -0.39 is 0 Å². The van der Waals surface area contributed by atoms with Crippen LogP contribution in [0, 0.1) is 5.92 Å². The zero-order valence-corrected chi connectivity index (χ0v) is 12.4. The third-order valence-electron chi connectivity index (χ3n) is 4.08. The average Bonchev–Trinajstić information content (AvgIpc) is 2.47. The number of nitrogens with zero attached hydrogens (tertiary/aromatic N) is 1. The van der Waals surface area contributed by atoms with Crippen molar-refractivity contribution in [2.45, 2.75) is 32.7 Å². The summed E-state index contributed by atoms with van der Waals surface area (Å²) in [5.41, 5.74) is 7.99. The topological polar surface area (TPSA) is 58.4 Å². The minimum Gasteiger partial charge on any atom is -0.370 e. The Morgan fingerprint density at radius 2 is 2.25 bits per heavy atom. The molecule has 0 spiro atoms.